The number of anilines is 1. The minimum atomic E-state index is -0.850. The smallest absolute Gasteiger partial charge is 0.303 e. The average Bonchev–Trinajstić information content (AvgIpc) is 2.33. The van der Waals surface area contributed by atoms with Crippen LogP contribution in [0.1, 0.15) is 12.8 Å². The van der Waals surface area contributed by atoms with Crippen molar-refractivity contribution in [2.24, 2.45) is 0 Å². The quantitative estimate of drug-likeness (QED) is 0.676. The first-order valence-corrected chi connectivity index (χ1v) is 6.42. The molecule has 7 heteroatoms. The molecular weight excluding hydrogens is 291 g/mol. The van der Waals surface area contributed by atoms with E-state index in [9.17, 15) is 9.59 Å². The van der Waals surface area contributed by atoms with Crippen LogP contribution in [-0.2, 0) is 9.59 Å². The summed E-state index contributed by atoms with van der Waals surface area (Å²) in [6, 6.07) is 4.79. The highest BCUT2D eigenvalue weighted by Gasteiger charge is 2.06. The molecule has 3 N–H and O–H groups in total. The SMILES string of the molecule is O=C(O)CCCNCC(=O)Nc1cc(Cl)ccc1Cl. The zero-order chi connectivity index (χ0) is 14.3. The van der Waals surface area contributed by atoms with Crippen LogP contribution in [0.3, 0.4) is 0 Å². The molecule has 19 heavy (non-hydrogen) atoms. The zero-order valence-electron chi connectivity index (χ0n) is 10.1. The molecule has 1 rings (SSSR count). The van der Waals surface area contributed by atoms with Gasteiger partial charge in [0.1, 0.15) is 0 Å². The van der Waals surface area contributed by atoms with Gasteiger partial charge < -0.3 is 15.7 Å². The standard InChI is InChI=1S/C12H14Cl2N2O3/c13-8-3-4-9(14)10(6-8)16-11(17)7-15-5-1-2-12(18)19/h3-4,6,15H,1-2,5,7H2,(H,16,17)(H,18,19). The molecule has 0 radical (unpaired) electrons. The van der Waals surface area contributed by atoms with E-state index in [4.69, 9.17) is 28.3 Å². The molecular formula is C12H14Cl2N2O3. The Labute approximate surface area is 120 Å². The summed E-state index contributed by atoms with van der Waals surface area (Å²) in [4.78, 5) is 21.9. The average molecular weight is 305 g/mol. The van der Waals surface area contributed by atoms with E-state index in [2.05, 4.69) is 10.6 Å². The third-order valence-corrected chi connectivity index (χ3v) is 2.80. The molecule has 0 saturated carbocycles. The van der Waals surface area contributed by atoms with Crippen molar-refractivity contribution in [1.29, 1.82) is 0 Å². The third-order valence-electron chi connectivity index (χ3n) is 2.23. The number of carboxylic acids is 1. The first kappa shape index (κ1) is 15.8. The van der Waals surface area contributed by atoms with E-state index in [1.165, 1.54) is 0 Å². The lowest BCUT2D eigenvalue weighted by Crippen LogP contribution is -2.29. The molecule has 104 valence electrons. The van der Waals surface area contributed by atoms with Crippen molar-refractivity contribution in [3.05, 3.63) is 28.2 Å². The molecule has 0 fully saturated rings. The molecule has 1 aromatic rings. The first-order valence-electron chi connectivity index (χ1n) is 5.66. The fourth-order valence-electron chi connectivity index (χ4n) is 1.35. The Morgan fingerprint density at radius 2 is 2.00 bits per heavy atom. The maximum atomic E-state index is 11.6. The highest BCUT2D eigenvalue weighted by molar-refractivity contribution is 6.35. The van der Waals surface area contributed by atoms with Crippen LogP contribution in [0.4, 0.5) is 5.69 Å². The molecule has 0 aromatic heterocycles. The van der Waals surface area contributed by atoms with Gasteiger partial charge in [-0.3, -0.25) is 9.59 Å². The van der Waals surface area contributed by atoms with Gasteiger partial charge in [-0.25, -0.2) is 0 Å². The minimum absolute atomic E-state index is 0.0781. The van der Waals surface area contributed by atoms with Gasteiger partial charge in [0.2, 0.25) is 5.91 Å². The van der Waals surface area contributed by atoms with Crippen molar-refractivity contribution in [3.63, 3.8) is 0 Å². The fraction of sp³-hybridized carbons (Fsp3) is 0.333. The van der Waals surface area contributed by atoms with Crippen LogP contribution in [0.5, 0.6) is 0 Å². The van der Waals surface area contributed by atoms with Crippen molar-refractivity contribution < 1.29 is 14.7 Å². The van der Waals surface area contributed by atoms with E-state index in [-0.39, 0.29) is 18.9 Å². The number of aliphatic carboxylic acids is 1. The van der Waals surface area contributed by atoms with Gasteiger partial charge in [-0.05, 0) is 31.2 Å². The number of hydrogen-bond donors (Lipinski definition) is 3. The second-order valence-electron chi connectivity index (χ2n) is 3.85. The maximum Gasteiger partial charge on any atom is 0.303 e. The molecule has 5 nitrogen and oxygen atoms in total. The van der Waals surface area contributed by atoms with E-state index in [0.29, 0.717) is 28.7 Å². The van der Waals surface area contributed by atoms with Crippen LogP contribution < -0.4 is 10.6 Å². The van der Waals surface area contributed by atoms with Crippen LogP contribution >= 0.6 is 23.2 Å². The Morgan fingerprint density at radius 1 is 1.26 bits per heavy atom. The van der Waals surface area contributed by atoms with Crippen LogP contribution in [0, 0.1) is 0 Å². The number of carbonyl (C=O) groups excluding carboxylic acids is 1. The molecule has 0 saturated heterocycles. The number of hydrogen-bond acceptors (Lipinski definition) is 3. The first-order chi connectivity index (χ1) is 8.99. The Balaban J connectivity index is 2.31. The number of rotatable bonds is 7. The fourth-order valence-corrected chi connectivity index (χ4v) is 1.69. The Kier molecular flexibility index (Phi) is 6.62. The van der Waals surface area contributed by atoms with Crippen molar-refractivity contribution in [1.82, 2.24) is 5.32 Å². The summed E-state index contributed by atoms with van der Waals surface area (Å²) in [7, 11) is 0. The second kappa shape index (κ2) is 7.99. The van der Waals surface area contributed by atoms with Crippen LogP contribution in [-0.4, -0.2) is 30.1 Å². The molecule has 0 atom stereocenters. The van der Waals surface area contributed by atoms with E-state index in [0.717, 1.165) is 0 Å². The predicted molar refractivity (Wildman–Crippen MR) is 74.8 cm³/mol. The van der Waals surface area contributed by atoms with Crippen molar-refractivity contribution >= 4 is 40.8 Å². The zero-order valence-corrected chi connectivity index (χ0v) is 11.6. The van der Waals surface area contributed by atoms with E-state index < -0.39 is 5.97 Å². The second-order valence-corrected chi connectivity index (χ2v) is 4.69. The lowest BCUT2D eigenvalue weighted by Gasteiger charge is -2.08. The summed E-state index contributed by atoms with van der Waals surface area (Å²) >= 11 is 11.7. The highest BCUT2D eigenvalue weighted by Crippen LogP contribution is 2.25. The highest BCUT2D eigenvalue weighted by atomic mass is 35.5. The summed E-state index contributed by atoms with van der Waals surface area (Å²) in [5.41, 5.74) is 0.450. The molecule has 0 unspecified atom stereocenters. The minimum Gasteiger partial charge on any atom is -0.481 e. The molecule has 0 spiro atoms. The largest absolute Gasteiger partial charge is 0.481 e. The Bertz CT molecular complexity index is 466. The Morgan fingerprint density at radius 3 is 2.68 bits per heavy atom. The number of carboxylic acid groups (broad SMARTS) is 1. The topological polar surface area (TPSA) is 78.4 Å². The third kappa shape index (κ3) is 6.42. The van der Waals surface area contributed by atoms with Crippen molar-refractivity contribution in [2.45, 2.75) is 12.8 Å². The lowest BCUT2D eigenvalue weighted by molar-refractivity contribution is -0.137. The van der Waals surface area contributed by atoms with Gasteiger partial charge in [-0.2, -0.15) is 0 Å². The van der Waals surface area contributed by atoms with Gasteiger partial charge in [0.25, 0.3) is 0 Å². The van der Waals surface area contributed by atoms with E-state index in [1.807, 2.05) is 0 Å². The summed E-state index contributed by atoms with van der Waals surface area (Å²) in [6.07, 6.45) is 0.551. The van der Waals surface area contributed by atoms with Crippen molar-refractivity contribution in [2.75, 3.05) is 18.4 Å². The summed E-state index contributed by atoms with van der Waals surface area (Å²) < 4.78 is 0. The molecule has 1 aromatic carbocycles. The molecule has 0 aliphatic rings. The van der Waals surface area contributed by atoms with Crippen LogP contribution in [0.25, 0.3) is 0 Å². The van der Waals surface area contributed by atoms with Gasteiger partial charge in [-0.1, -0.05) is 23.2 Å². The molecule has 0 aliphatic carbocycles. The maximum absolute atomic E-state index is 11.6. The van der Waals surface area contributed by atoms with Gasteiger partial charge >= 0.3 is 5.97 Å². The molecule has 0 bridgehead atoms. The number of benzene rings is 1. The molecule has 1 amide bonds. The van der Waals surface area contributed by atoms with Crippen molar-refractivity contribution in [3.8, 4) is 0 Å². The molecule has 0 heterocycles. The molecule has 0 aliphatic heterocycles. The number of nitrogens with one attached hydrogen (secondary N) is 2. The van der Waals surface area contributed by atoms with Gasteiger partial charge in [0, 0.05) is 11.4 Å². The van der Waals surface area contributed by atoms with Gasteiger partial charge in [-0.15, -0.1) is 0 Å². The predicted octanol–water partition coefficient (Wildman–Crippen LogP) is 2.39. The Hall–Kier alpha value is -1.30. The van der Waals surface area contributed by atoms with Crippen LogP contribution in [0.2, 0.25) is 10.0 Å². The van der Waals surface area contributed by atoms with E-state index >= 15 is 0 Å². The monoisotopic (exact) mass is 304 g/mol. The van der Waals surface area contributed by atoms with Gasteiger partial charge in [0.05, 0.1) is 17.3 Å². The normalized spacial score (nSPS) is 10.2. The lowest BCUT2D eigenvalue weighted by atomic mass is 10.3. The summed E-state index contributed by atoms with van der Waals surface area (Å²) in [5.74, 6) is -1.11. The number of halogens is 2. The van der Waals surface area contributed by atoms with E-state index in [1.54, 1.807) is 18.2 Å². The number of amides is 1. The summed E-state index contributed by atoms with van der Waals surface area (Å²) in [5, 5.41) is 14.8. The van der Waals surface area contributed by atoms with Crippen LogP contribution in [0.15, 0.2) is 18.2 Å². The van der Waals surface area contributed by atoms with Gasteiger partial charge in [0.15, 0.2) is 0 Å². The summed E-state index contributed by atoms with van der Waals surface area (Å²) in [6.45, 7) is 0.547. The number of carbonyl (C=O) groups is 2.